The van der Waals surface area contributed by atoms with E-state index in [-0.39, 0.29) is 0 Å². The molecule has 0 unspecified atom stereocenters. The highest BCUT2D eigenvalue weighted by atomic mass is 16.3. The summed E-state index contributed by atoms with van der Waals surface area (Å²) in [6, 6.07) is 52.1. The van der Waals surface area contributed by atoms with Gasteiger partial charge in [-0.3, -0.25) is 0 Å². The van der Waals surface area contributed by atoms with Crippen molar-refractivity contribution in [1.82, 2.24) is 15.0 Å². The molecule has 7 aromatic carbocycles. The second kappa shape index (κ2) is 10.2. The molecule has 0 saturated heterocycles. The third kappa shape index (κ3) is 4.27. The highest BCUT2D eigenvalue weighted by molar-refractivity contribution is 6.28. The summed E-state index contributed by atoms with van der Waals surface area (Å²) in [6.07, 6.45) is 0. The van der Waals surface area contributed by atoms with Crippen molar-refractivity contribution in [1.29, 1.82) is 0 Å². The largest absolute Gasteiger partial charge is 0.455 e. The molecular formula is C41H25N3O. The van der Waals surface area contributed by atoms with Gasteiger partial charge in [0.1, 0.15) is 11.2 Å². The standard InChI is InChI=1S/C41H25N3O/c1-3-13-27(14-4-1)39-42-40(28-15-5-2-6-16-28)44-41(43-39)31-19-11-18-29(24-31)34-25-30-17-8-10-21-33(30)37-36-32-20-9-7-12-26(32)22-23-35(36)45-38(34)37/h1-25H. The molecule has 0 amide bonds. The first-order valence-electron chi connectivity index (χ1n) is 15.0. The Kier molecular flexibility index (Phi) is 5.78. The molecule has 45 heavy (non-hydrogen) atoms. The molecule has 0 saturated carbocycles. The maximum absolute atomic E-state index is 6.71. The van der Waals surface area contributed by atoms with E-state index >= 15 is 0 Å². The van der Waals surface area contributed by atoms with E-state index in [1.165, 1.54) is 21.5 Å². The van der Waals surface area contributed by atoms with E-state index in [0.29, 0.717) is 17.5 Å². The summed E-state index contributed by atoms with van der Waals surface area (Å²) in [7, 11) is 0. The second-order valence-corrected chi connectivity index (χ2v) is 11.2. The summed E-state index contributed by atoms with van der Waals surface area (Å²) in [6.45, 7) is 0. The number of fused-ring (bicyclic) bond motifs is 7. The summed E-state index contributed by atoms with van der Waals surface area (Å²) in [5.41, 5.74) is 6.63. The van der Waals surface area contributed by atoms with Crippen molar-refractivity contribution >= 4 is 43.5 Å². The second-order valence-electron chi connectivity index (χ2n) is 11.2. The van der Waals surface area contributed by atoms with Gasteiger partial charge in [0.05, 0.1) is 0 Å². The molecule has 0 spiro atoms. The van der Waals surface area contributed by atoms with Gasteiger partial charge in [0, 0.05) is 33.0 Å². The number of aromatic nitrogens is 3. The number of hydrogen-bond acceptors (Lipinski definition) is 4. The fourth-order valence-electron chi connectivity index (χ4n) is 6.37. The third-order valence-corrected chi connectivity index (χ3v) is 8.49. The minimum absolute atomic E-state index is 0.622. The van der Waals surface area contributed by atoms with Crippen LogP contribution in [-0.2, 0) is 0 Å². The lowest BCUT2D eigenvalue weighted by atomic mass is 9.94. The van der Waals surface area contributed by atoms with Gasteiger partial charge in [-0.05, 0) is 45.3 Å². The third-order valence-electron chi connectivity index (χ3n) is 8.49. The minimum Gasteiger partial charge on any atom is -0.455 e. The average Bonchev–Trinajstić information content (AvgIpc) is 3.53. The molecule has 9 aromatic rings. The van der Waals surface area contributed by atoms with Crippen molar-refractivity contribution in [2.45, 2.75) is 0 Å². The van der Waals surface area contributed by atoms with E-state index in [1.54, 1.807) is 0 Å². The lowest BCUT2D eigenvalue weighted by Crippen LogP contribution is -2.00. The van der Waals surface area contributed by atoms with Gasteiger partial charge in [0.2, 0.25) is 0 Å². The summed E-state index contributed by atoms with van der Waals surface area (Å²) in [4.78, 5) is 14.8. The van der Waals surface area contributed by atoms with Crippen LogP contribution in [0.2, 0.25) is 0 Å². The first-order valence-corrected chi connectivity index (χ1v) is 15.0. The lowest BCUT2D eigenvalue weighted by molar-refractivity contribution is 0.670. The Labute approximate surface area is 259 Å². The molecule has 9 rings (SSSR count). The normalized spacial score (nSPS) is 11.6. The minimum atomic E-state index is 0.622. The maximum Gasteiger partial charge on any atom is 0.164 e. The van der Waals surface area contributed by atoms with Gasteiger partial charge in [-0.1, -0.05) is 133 Å². The van der Waals surface area contributed by atoms with Crippen LogP contribution in [0, 0.1) is 0 Å². The predicted octanol–water partition coefficient (Wildman–Crippen LogP) is 10.7. The highest BCUT2D eigenvalue weighted by Gasteiger charge is 2.19. The Morgan fingerprint density at radius 1 is 0.378 bits per heavy atom. The molecule has 210 valence electrons. The van der Waals surface area contributed by atoms with E-state index in [2.05, 4.69) is 91.0 Å². The molecule has 4 nitrogen and oxygen atoms in total. The number of benzene rings is 7. The predicted molar refractivity (Wildman–Crippen MR) is 184 cm³/mol. The zero-order valence-corrected chi connectivity index (χ0v) is 24.2. The van der Waals surface area contributed by atoms with Gasteiger partial charge in [-0.25, -0.2) is 15.0 Å². The molecule has 0 aliphatic heterocycles. The van der Waals surface area contributed by atoms with Crippen LogP contribution < -0.4 is 0 Å². The lowest BCUT2D eigenvalue weighted by Gasteiger charge is -2.11. The van der Waals surface area contributed by atoms with Crippen LogP contribution >= 0.6 is 0 Å². The van der Waals surface area contributed by atoms with Crippen LogP contribution in [-0.4, -0.2) is 15.0 Å². The van der Waals surface area contributed by atoms with E-state index < -0.39 is 0 Å². The molecular weight excluding hydrogens is 550 g/mol. The monoisotopic (exact) mass is 575 g/mol. The summed E-state index contributed by atoms with van der Waals surface area (Å²) >= 11 is 0. The zero-order valence-electron chi connectivity index (χ0n) is 24.2. The topological polar surface area (TPSA) is 51.8 Å². The molecule has 0 fully saturated rings. The quantitative estimate of drug-likeness (QED) is 0.209. The molecule has 0 aliphatic carbocycles. The van der Waals surface area contributed by atoms with Crippen molar-refractivity contribution in [3.8, 4) is 45.3 Å². The number of nitrogens with zero attached hydrogens (tertiary/aromatic N) is 3. The Morgan fingerprint density at radius 2 is 0.911 bits per heavy atom. The van der Waals surface area contributed by atoms with Crippen molar-refractivity contribution in [2.24, 2.45) is 0 Å². The molecule has 0 N–H and O–H groups in total. The molecule has 0 bridgehead atoms. The van der Waals surface area contributed by atoms with Gasteiger partial charge in [-0.15, -0.1) is 0 Å². The van der Waals surface area contributed by atoms with Crippen LogP contribution in [0.1, 0.15) is 0 Å². The first-order chi connectivity index (χ1) is 22.3. The summed E-state index contributed by atoms with van der Waals surface area (Å²) < 4.78 is 6.71. The Balaban J connectivity index is 1.28. The summed E-state index contributed by atoms with van der Waals surface area (Å²) in [5.74, 6) is 1.90. The van der Waals surface area contributed by atoms with E-state index in [9.17, 15) is 0 Å². The molecule has 2 aromatic heterocycles. The van der Waals surface area contributed by atoms with Crippen molar-refractivity contribution < 1.29 is 4.42 Å². The Morgan fingerprint density at radius 3 is 1.60 bits per heavy atom. The van der Waals surface area contributed by atoms with Gasteiger partial charge in [0.15, 0.2) is 17.5 Å². The number of furan rings is 1. The van der Waals surface area contributed by atoms with Gasteiger partial charge >= 0.3 is 0 Å². The Bertz CT molecular complexity index is 2480. The van der Waals surface area contributed by atoms with Gasteiger partial charge < -0.3 is 4.42 Å². The number of rotatable bonds is 4. The zero-order chi connectivity index (χ0) is 29.7. The molecule has 0 atom stereocenters. The number of hydrogen-bond donors (Lipinski definition) is 0. The Hall–Kier alpha value is -6.13. The van der Waals surface area contributed by atoms with Gasteiger partial charge in [0.25, 0.3) is 0 Å². The maximum atomic E-state index is 6.71. The fourth-order valence-corrected chi connectivity index (χ4v) is 6.37. The molecule has 0 radical (unpaired) electrons. The van der Waals surface area contributed by atoms with Crippen molar-refractivity contribution in [3.05, 3.63) is 152 Å². The smallest absolute Gasteiger partial charge is 0.164 e. The molecule has 4 heteroatoms. The fraction of sp³-hybridized carbons (Fsp3) is 0. The van der Waals surface area contributed by atoms with Crippen LogP contribution in [0.5, 0.6) is 0 Å². The van der Waals surface area contributed by atoms with Crippen LogP contribution in [0.15, 0.2) is 156 Å². The van der Waals surface area contributed by atoms with E-state index in [0.717, 1.165) is 49.8 Å². The molecule has 0 aliphatic rings. The van der Waals surface area contributed by atoms with Crippen LogP contribution in [0.4, 0.5) is 0 Å². The molecule has 2 heterocycles. The van der Waals surface area contributed by atoms with E-state index in [1.807, 2.05) is 60.7 Å². The van der Waals surface area contributed by atoms with Crippen molar-refractivity contribution in [3.63, 3.8) is 0 Å². The SMILES string of the molecule is c1ccc(-c2nc(-c3ccccc3)nc(-c3cccc(-c4cc5ccccc5c5c4oc4ccc6ccccc6c45)c3)n2)cc1. The van der Waals surface area contributed by atoms with E-state index in [4.69, 9.17) is 19.4 Å². The van der Waals surface area contributed by atoms with Crippen molar-refractivity contribution in [2.75, 3.05) is 0 Å². The van der Waals surface area contributed by atoms with Crippen LogP contribution in [0.3, 0.4) is 0 Å². The van der Waals surface area contributed by atoms with Crippen LogP contribution in [0.25, 0.3) is 88.8 Å². The highest BCUT2D eigenvalue weighted by Crippen LogP contribution is 2.43. The average molecular weight is 576 g/mol. The van der Waals surface area contributed by atoms with Gasteiger partial charge in [-0.2, -0.15) is 0 Å². The summed E-state index contributed by atoms with van der Waals surface area (Å²) in [5, 5.41) is 7.02. The first kappa shape index (κ1) is 25.4.